The van der Waals surface area contributed by atoms with Crippen LogP contribution in [0.2, 0.25) is 0 Å². The summed E-state index contributed by atoms with van der Waals surface area (Å²) in [5.41, 5.74) is 12.9. The van der Waals surface area contributed by atoms with Crippen molar-refractivity contribution in [2.45, 2.75) is 0 Å². The van der Waals surface area contributed by atoms with Gasteiger partial charge in [0.1, 0.15) is 0 Å². The normalized spacial score (nSPS) is 12.5. The molecule has 262 valence electrons. The predicted octanol–water partition coefficient (Wildman–Crippen LogP) is 14.9. The van der Waals surface area contributed by atoms with Gasteiger partial charge in [-0.05, 0) is 125 Å². The molecule has 1 heterocycles. The zero-order valence-corrected chi connectivity index (χ0v) is 30.7. The Bertz CT molecular complexity index is 3180. The minimum Gasteiger partial charge on any atom is -0.358 e. The maximum absolute atomic E-state index is 3.58. The molecule has 0 bridgehead atoms. The van der Waals surface area contributed by atoms with Crippen molar-refractivity contribution < 1.29 is 0 Å². The molecule has 0 aromatic heterocycles. The van der Waals surface area contributed by atoms with Gasteiger partial charge in [0, 0.05) is 17.5 Å². The van der Waals surface area contributed by atoms with Gasteiger partial charge in [-0.25, -0.2) is 0 Å². The second-order valence-electron chi connectivity index (χ2n) is 14.6. The van der Waals surface area contributed by atoms with Crippen LogP contribution in [0, 0.1) is 0 Å². The maximum atomic E-state index is 3.58. The van der Waals surface area contributed by atoms with E-state index >= 15 is 0 Å². The molecule has 0 unspecified atom stereocenters. The van der Waals surface area contributed by atoms with Gasteiger partial charge in [0.05, 0.1) is 17.1 Å². The molecule has 0 radical (unpaired) electrons. The van der Waals surface area contributed by atoms with E-state index in [-0.39, 0.29) is 0 Å². The van der Waals surface area contributed by atoms with Gasteiger partial charge in [0.15, 0.2) is 0 Å². The van der Waals surface area contributed by atoms with E-state index in [4.69, 9.17) is 0 Å². The highest BCUT2D eigenvalue weighted by atomic mass is 15.2. The smallest absolute Gasteiger partial charge is 0.0697 e. The van der Waals surface area contributed by atoms with Crippen molar-refractivity contribution >= 4 is 65.8 Å². The van der Waals surface area contributed by atoms with Crippen molar-refractivity contribution in [1.29, 1.82) is 0 Å². The fourth-order valence-electron chi connectivity index (χ4n) is 8.73. The molecule has 0 spiro atoms. The van der Waals surface area contributed by atoms with E-state index in [0.717, 1.165) is 28.3 Å². The number of hydrogen-bond donors (Lipinski definition) is 1. The van der Waals surface area contributed by atoms with Crippen LogP contribution in [-0.4, -0.2) is 0 Å². The van der Waals surface area contributed by atoms with Crippen LogP contribution in [0.3, 0.4) is 0 Å². The molecule has 56 heavy (non-hydrogen) atoms. The number of benzene rings is 10. The Hall–Kier alpha value is -7.42. The SMILES string of the molecule is C1=C(c2cccc(-c3ccc4c(-c5ccc6ccccc6c5)c5ccccc5c(-c5ccc6ccccc6c5)c4c3)c2)N(c2ccccc2)c2ccccc2N1. The topological polar surface area (TPSA) is 15.3 Å². The molecule has 0 fully saturated rings. The summed E-state index contributed by atoms with van der Waals surface area (Å²) in [7, 11) is 0. The Morgan fingerprint density at radius 3 is 1.57 bits per heavy atom. The van der Waals surface area contributed by atoms with E-state index in [1.54, 1.807) is 0 Å². The zero-order valence-electron chi connectivity index (χ0n) is 30.7. The maximum Gasteiger partial charge on any atom is 0.0697 e. The second-order valence-corrected chi connectivity index (χ2v) is 14.6. The van der Waals surface area contributed by atoms with E-state index in [0.29, 0.717) is 0 Å². The fourth-order valence-corrected chi connectivity index (χ4v) is 8.73. The third-order valence-corrected chi connectivity index (χ3v) is 11.4. The van der Waals surface area contributed by atoms with E-state index in [9.17, 15) is 0 Å². The van der Waals surface area contributed by atoms with Crippen molar-refractivity contribution in [2.24, 2.45) is 0 Å². The molecule has 2 heteroatoms. The molecule has 1 aliphatic heterocycles. The number of nitrogens with zero attached hydrogens (tertiary/aromatic N) is 1. The van der Waals surface area contributed by atoms with Crippen LogP contribution in [0.1, 0.15) is 5.56 Å². The van der Waals surface area contributed by atoms with Gasteiger partial charge in [-0.15, -0.1) is 0 Å². The Kier molecular flexibility index (Phi) is 7.53. The van der Waals surface area contributed by atoms with Crippen LogP contribution in [0.25, 0.3) is 82.2 Å². The molecule has 1 N–H and O–H groups in total. The van der Waals surface area contributed by atoms with Crippen LogP contribution >= 0.6 is 0 Å². The Morgan fingerprint density at radius 2 is 0.857 bits per heavy atom. The van der Waals surface area contributed by atoms with E-state index in [2.05, 4.69) is 223 Å². The van der Waals surface area contributed by atoms with Crippen LogP contribution < -0.4 is 10.2 Å². The summed E-state index contributed by atoms with van der Waals surface area (Å²) in [6.07, 6.45) is 2.13. The van der Waals surface area contributed by atoms with Crippen molar-refractivity contribution in [3.8, 4) is 33.4 Å². The van der Waals surface area contributed by atoms with Gasteiger partial charge in [0.25, 0.3) is 0 Å². The van der Waals surface area contributed by atoms with Gasteiger partial charge in [0.2, 0.25) is 0 Å². The average molecular weight is 713 g/mol. The highest BCUT2D eigenvalue weighted by Crippen LogP contribution is 2.47. The van der Waals surface area contributed by atoms with Crippen LogP contribution in [-0.2, 0) is 0 Å². The van der Waals surface area contributed by atoms with Gasteiger partial charge < -0.3 is 10.2 Å². The standard InChI is InChI=1S/C54H36N2/c1-2-19-45(20-3-1)56-51-24-11-10-23-50(51)55-35-52(56)42-18-12-17-40(31-42)41-29-30-48-49(34-41)54(44-28-26-37-14-5-7-16-39(37)33-44)47-22-9-8-21-46(47)53(48)43-27-25-36-13-4-6-15-38(36)32-43/h1-35,55H. The Morgan fingerprint density at radius 1 is 0.321 bits per heavy atom. The van der Waals surface area contributed by atoms with Crippen molar-refractivity contribution in [1.82, 2.24) is 0 Å². The fraction of sp³-hybridized carbons (Fsp3) is 0. The number of para-hydroxylation sites is 3. The first-order valence-electron chi connectivity index (χ1n) is 19.3. The van der Waals surface area contributed by atoms with Gasteiger partial charge in [-0.2, -0.15) is 0 Å². The quantitative estimate of drug-likeness (QED) is 0.179. The molecular weight excluding hydrogens is 677 g/mol. The summed E-state index contributed by atoms with van der Waals surface area (Å²) in [6.45, 7) is 0. The highest BCUT2D eigenvalue weighted by Gasteiger charge is 2.23. The first kappa shape index (κ1) is 32.0. The number of hydrogen-bond acceptors (Lipinski definition) is 2. The molecule has 0 aliphatic carbocycles. The van der Waals surface area contributed by atoms with Crippen molar-refractivity contribution in [3.63, 3.8) is 0 Å². The number of rotatable bonds is 5. The summed E-state index contributed by atoms with van der Waals surface area (Å²) >= 11 is 0. The molecule has 0 atom stereocenters. The Labute approximate surface area is 326 Å². The van der Waals surface area contributed by atoms with Gasteiger partial charge >= 0.3 is 0 Å². The lowest BCUT2D eigenvalue weighted by Gasteiger charge is -2.33. The van der Waals surface area contributed by atoms with E-state index < -0.39 is 0 Å². The van der Waals surface area contributed by atoms with Crippen LogP contribution in [0.5, 0.6) is 0 Å². The monoisotopic (exact) mass is 712 g/mol. The first-order valence-corrected chi connectivity index (χ1v) is 19.3. The summed E-state index contributed by atoms with van der Waals surface area (Å²) in [5.74, 6) is 0. The van der Waals surface area contributed by atoms with Gasteiger partial charge in [-0.1, -0.05) is 158 Å². The van der Waals surface area contributed by atoms with E-state index in [1.807, 2.05) is 0 Å². The molecular formula is C54H36N2. The molecule has 1 aliphatic rings. The predicted molar refractivity (Wildman–Crippen MR) is 239 cm³/mol. The lowest BCUT2D eigenvalue weighted by molar-refractivity contribution is 1.26. The number of anilines is 3. The summed E-state index contributed by atoms with van der Waals surface area (Å²) in [4.78, 5) is 2.35. The highest BCUT2D eigenvalue weighted by molar-refractivity contribution is 6.22. The van der Waals surface area contributed by atoms with Gasteiger partial charge in [-0.3, -0.25) is 0 Å². The molecule has 10 aromatic carbocycles. The molecule has 0 saturated carbocycles. The zero-order chi connectivity index (χ0) is 37.0. The second kappa shape index (κ2) is 13.2. The Balaban J connectivity index is 1.14. The average Bonchev–Trinajstić information content (AvgIpc) is 3.27. The summed E-state index contributed by atoms with van der Waals surface area (Å²) in [5, 5.41) is 13.5. The third kappa shape index (κ3) is 5.34. The first-order chi connectivity index (χ1) is 27.8. The van der Waals surface area contributed by atoms with Crippen molar-refractivity contribution in [3.05, 3.63) is 218 Å². The lowest BCUT2D eigenvalue weighted by atomic mass is 9.84. The molecule has 2 nitrogen and oxygen atoms in total. The molecule has 0 saturated heterocycles. The molecule has 10 aromatic rings. The third-order valence-electron chi connectivity index (χ3n) is 11.4. The molecule has 11 rings (SSSR count). The van der Waals surface area contributed by atoms with Crippen LogP contribution in [0.4, 0.5) is 17.1 Å². The lowest BCUT2D eigenvalue weighted by Crippen LogP contribution is -2.21. The van der Waals surface area contributed by atoms with Crippen molar-refractivity contribution in [2.75, 3.05) is 10.2 Å². The molecule has 0 amide bonds. The minimum atomic E-state index is 1.08. The summed E-state index contributed by atoms with van der Waals surface area (Å²) in [6, 6.07) is 75.3. The summed E-state index contributed by atoms with van der Waals surface area (Å²) < 4.78 is 0. The van der Waals surface area contributed by atoms with Crippen LogP contribution in [0.15, 0.2) is 212 Å². The van der Waals surface area contributed by atoms with E-state index in [1.165, 1.54) is 76.5 Å². The number of nitrogens with one attached hydrogen (secondary N) is 1. The largest absolute Gasteiger partial charge is 0.358 e. The number of fused-ring (bicyclic) bond motifs is 5. The minimum absolute atomic E-state index is 1.08.